The maximum absolute atomic E-state index is 5.79. The minimum atomic E-state index is 0.564. The first-order chi connectivity index (χ1) is 8.61. The van der Waals surface area contributed by atoms with Gasteiger partial charge in [0.25, 0.3) is 0 Å². The van der Waals surface area contributed by atoms with Crippen molar-refractivity contribution < 1.29 is 0 Å². The number of nitrogens with one attached hydrogen (secondary N) is 1. The summed E-state index contributed by atoms with van der Waals surface area (Å²) in [5.41, 5.74) is 11.7. The molecule has 0 aliphatic carbocycles. The maximum atomic E-state index is 5.79. The van der Waals surface area contributed by atoms with Gasteiger partial charge in [0, 0.05) is 18.4 Å². The van der Waals surface area contributed by atoms with Crippen LogP contribution in [0.4, 0.5) is 11.5 Å². The molecule has 0 saturated heterocycles. The fourth-order valence-corrected chi connectivity index (χ4v) is 2.08. The van der Waals surface area contributed by atoms with Gasteiger partial charge in [-0.2, -0.15) is 0 Å². The summed E-state index contributed by atoms with van der Waals surface area (Å²) in [7, 11) is 0. The molecule has 0 amide bonds. The number of rotatable bonds is 3. The summed E-state index contributed by atoms with van der Waals surface area (Å²) in [6, 6.07) is 8.18. The number of nitrogens with two attached hydrogens (primary N) is 1. The van der Waals surface area contributed by atoms with Crippen LogP contribution in [0, 0.1) is 20.8 Å². The van der Waals surface area contributed by atoms with E-state index in [1.54, 1.807) is 0 Å². The smallest absolute Gasteiger partial charge is 0.130 e. The Labute approximate surface area is 108 Å². The molecule has 3 N–H and O–H groups in total. The van der Waals surface area contributed by atoms with Crippen molar-refractivity contribution in [1.82, 2.24) is 4.98 Å². The highest BCUT2D eigenvalue weighted by atomic mass is 15.0. The molecule has 1 aromatic carbocycles. The van der Waals surface area contributed by atoms with E-state index in [0.717, 1.165) is 11.5 Å². The molecule has 2 aromatic rings. The molecular weight excluding hydrogens is 222 g/mol. The average Bonchev–Trinajstić information content (AvgIpc) is 2.34. The Bertz CT molecular complexity index is 562. The molecule has 0 unspecified atom stereocenters. The molecule has 3 heteroatoms. The van der Waals surface area contributed by atoms with Crippen LogP contribution in [0.5, 0.6) is 0 Å². The van der Waals surface area contributed by atoms with Crippen LogP contribution in [0.25, 0.3) is 0 Å². The van der Waals surface area contributed by atoms with Crippen molar-refractivity contribution in [3.8, 4) is 0 Å². The summed E-state index contributed by atoms with van der Waals surface area (Å²) in [6.07, 6.45) is 1.81. The Morgan fingerprint density at radius 3 is 2.61 bits per heavy atom. The lowest BCUT2D eigenvalue weighted by Crippen LogP contribution is -2.05. The van der Waals surface area contributed by atoms with Crippen LogP contribution in [0.2, 0.25) is 0 Å². The van der Waals surface area contributed by atoms with Crippen molar-refractivity contribution in [3.63, 3.8) is 0 Å². The average molecular weight is 241 g/mol. The zero-order chi connectivity index (χ0) is 13.1. The summed E-state index contributed by atoms with van der Waals surface area (Å²) in [6.45, 7) is 6.80. The van der Waals surface area contributed by atoms with Gasteiger partial charge in [-0.05, 0) is 61.2 Å². The van der Waals surface area contributed by atoms with E-state index in [-0.39, 0.29) is 0 Å². The zero-order valence-corrected chi connectivity index (χ0v) is 11.1. The number of anilines is 2. The first kappa shape index (κ1) is 12.6. The van der Waals surface area contributed by atoms with Crippen molar-refractivity contribution in [3.05, 3.63) is 52.7 Å². The normalized spacial score (nSPS) is 10.4. The van der Waals surface area contributed by atoms with Crippen LogP contribution in [0.1, 0.15) is 22.3 Å². The van der Waals surface area contributed by atoms with Gasteiger partial charge in [0.1, 0.15) is 5.82 Å². The SMILES string of the molecule is Cc1ccnc(Nc2ccc(C)c(CN)c2C)c1. The van der Waals surface area contributed by atoms with Crippen LogP contribution in [-0.2, 0) is 6.54 Å². The molecule has 0 saturated carbocycles. The molecule has 1 aromatic heterocycles. The van der Waals surface area contributed by atoms with E-state index in [1.807, 2.05) is 18.3 Å². The molecule has 94 valence electrons. The first-order valence-corrected chi connectivity index (χ1v) is 6.10. The Kier molecular flexibility index (Phi) is 3.63. The van der Waals surface area contributed by atoms with Crippen LogP contribution in [0.15, 0.2) is 30.5 Å². The molecule has 2 rings (SSSR count). The van der Waals surface area contributed by atoms with Gasteiger partial charge in [-0.15, -0.1) is 0 Å². The molecule has 0 radical (unpaired) electrons. The van der Waals surface area contributed by atoms with E-state index < -0.39 is 0 Å². The first-order valence-electron chi connectivity index (χ1n) is 6.10. The Morgan fingerprint density at radius 2 is 1.94 bits per heavy atom. The van der Waals surface area contributed by atoms with E-state index in [4.69, 9.17) is 5.73 Å². The van der Waals surface area contributed by atoms with Gasteiger partial charge in [0.2, 0.25) is 0 Å². The van der Waals surface area contributed by atoms with E-state index in [2.05, 4.69) is 43.2 Å². The Morgan fingerprint density at radius 1 is 1.17 bits per heavy atom. The molecule has 0 aliphatic rings. The summed E-state index contributed by atoms with van der Waals surface area (Å²) < 4.78 is 0. The van der Waals surface area contributed by atoms with E-state index >= 15 is 0 Å². The molecule has 0 fully saturated rings. The second-order valence-electron chi connectivity index (χ2n) is 4.58. The number of hydrogen-bond donors (Lipinski definition) is 2. The quantitative estimate of drug-likeness (QED) is 0.867. The standard InChI is InChI=1S/C15H19N3/c1-10-6-7-17-15(8-10)18-14-5-4-11(2)13(9-16)12(14)3/h4-8H,9,16H2,1-3H3,(H,17,18). The van der Waals surface area contributed by atoms with Gasteiger partial charge in [0.15, 0.2) is 0 Å². The molecule has 0 spiro atoms. The van der Waals surface area contributed by atoms with Gasteiger partial charge >= 0.3 is 0 Å². The molecule has 3 nitrogen and oxygen atoms in total. The van der Waals surface area contributed by atoms with Crippen molar-refractivity contribution >= 4 is 11.5 Å². The third-order valence-corrected chi connectivity index (χ3v) is 3.21. The Balaban J connectivity index is 2.35. The van der Waals surface area contributed by atoms with E-state index in [0.29, 0.717) is 6.54 Å². The van der Waals surface area contributed by atoms with E-state index in [1.165, 1.54) is 22.3 Å². The third-order valence-electron chi connectivity index (χ3n) is 3.21. The Hall–Kier alpha value is -1.87. The lowest BCUT2D eigenvalue weighted by atomic mass is 10.0. The van der Waals surface area contributed by atoms with Crippen LogP contribution < -0.4 is 11.1 Å². The topological polar surface area (TPSA) is 50.9 Å². The summed E-state index contributed by atoms with van der Waals surface area (Å²) in [4.78, 5) is 4.31. The summed E-state index contributed by atoms with van der Waals surface area (Å²) >= 11 is 0. The summed E-state index contributed by atoms with van der Waals surface area (Å²) in [5.74, 6) is 0.866. The second-order valence-corrected chi connectivity index (χ2v) is 4.58. The van der Waals surface area contributed by atoms with Crippen molar-refractivity contribution in [1.29, 1.82) is 0 Å². The number of nitrogens with zero attached hydrogens (tertiary/aromatic N) is 1. The zero-order valence-electron chi connectivity index (χ0n) is 11.1. The number of hydrogen-bond acceptors (Lipinski definition) is 3. The molecular formula is C15H19N3. The largest absolute Gasteiger partial charge is 0.340 e. The third kappa shape index (κ3) is 2.51. The van der Waals surface area contributed by atoms with Crippen molar-refractivity contribution in [2.45, 2.75) is 27.3 Å². The lowest BCUT2D eigenvalue weighted by molar-refractivity contribution is 1.03. The fraction of sp³-hybridized carbons (Fsp3) is 0.267. The van der Waals surface area contributed by atoms with Crippen molar-refractivity contribution in [2.75, 3.05) is 5.32 Å². The van der Waals surface area contributed by atoms with Gasteiger partial charge in [-0.1, -0.05) is 6.07 Å². The van der Waals surface area contributed by atoms with Gasteiger partial charge in [-0.3, -0.25) is 0 Å². The molecule has 0 atom stereocenters. The molecule has 1 heterocycles. The minimum absolute atomic E-state index is 0.564. The maximum Gasteiger partial charge on any atom is 0.130 e. The van der Waals surface area contributed by atoms with Gasteiger partial charge < -0.3 is 11.1 Å². The van der Waals surface area contributed by atoms with Crippen molar-refractivity contribution in [2.24, 2.45) is 5.73 Å². The number of aromatic nitrogens is 1. The van der Waals surface area contributed by atoms with Crippen LogP contribution in [0.3, 0.4) is 0 Å². The van der Waals surface area contributed by atoms with Gasteiger partial charge in [-0.25, -0.2) is 4.98 Å². The minimum Gasteiger partial charge on any atom is -0.340 e. The molecule has 0 aliphatic heterocycles. The highest BCUT2D eigenvalue weighted by Crippen LogP contribution is 2.24. The lowest BCUT2D eigenvalue weighted by Gasteiger charge is -2.14. The predicted molar refractivity (Wildman–Crippen MR) is 76.1 cm³/mol. The number of benzene rings is 1. The number of pyridine rings is 1. The second kappa shape index (κ2) is 5.19. The molecule has 18 heavy (non-hydrogen) atoms. The number of aryl methyl sites for hydroxylation is 2. The molecule has 0 bridgehead atoms. The highest BCUT2D eigenvalue weighted by Gasteiger charge is 2.06. The highest BCUT2D eigenvalue weighted by molar-refractivity contribution is 5.63. The van der Waals surface area contributed by atoms with Crippen LogP contribution >= 0.6 is 0 Å². The monoisotopic (exact) mass is 241 g/mol. The fourth-order valence-electron chi connectivity index (χ4n) is 2.08. The van der Waals surface area contributed by atoms with E-state index in [9.17, 15) is 0 Å². The van der Waals surface area contributed by atoms with Crippen LogP contribution in [-0.4, -0.2) is 4.98 Å². The van der Waals surface area contributed by atoms with Gasteiger partial charge in [0.05, 0.1) is 0 Å². The summed E-state index contributed by atoms with van der Waals surface area (Å²) in [5, 5.41) is 3.35. The predicted octanol–water partition coefficient (Wildman–Crippen LogP) is 3.21.